The molecule has 1 aliphatic rings. The third-order valence-corrected chi connectivity index (χ3v) is 4.07. The van der Waals surface area contributed by atoms with Gasteiger partial charge in [0.1, 0.15) is 11.6 Å². The molecule has 2 heterocycles. The first-order chi connectivity index (χ1) is 9.65. The van der Waals surface area contributed by atoms with Crippen LogP contribution >= 0.6 is 0 Å². The van der Waals surface area contributed by atoms with Crippen LogP contribution in [0, 0.1) is 20.8 Å². The van der Waals surface area contributed by atoms with Crippen LogP contribution in [0.2, 0.25) is 0 Å². The lowest BCUT2D eigenvalue weighted by atomic mass is 9.96. The Hall–Kier alpha value is -1.91. The Morgan fingerprint density at radius 2 is 1.90 bits per heavy atom. The van der Waals surface area contributed by atoms with Crippen molar-refractivity contribution in [2.75, 3.05) is 5.32 Å². The molecule has 0 unspecified atom stereocenters. The van der Waals surface area contributed by atoms with E-state index in [1.54, 1.807) is 0 Å². The minimum atomic E-state index is 0.707. The highest BCUT2D eigenvalue weighted by atomic mass is 15.1. The Kier molecular flexibility index (Phi) is 3.42. The van der Waals surface area contributed by atoms with Crippen molar-refractivity contribution >= 4 is 5.82 Å². The molecular formula is C15H21N5. The predicted molar refractivity (Wildman–Crippen MR) is 78.8 cm³/mol. The summed E-state index contributed by atoms with van der Waals surface area (Å²) < 4.78 is 0. The van der Waals surface area contributed by atoms with Crippen LogP contribution in [0.5, 0.6) is 0 Å². The van der Waals surface area contributed by atoms with Gasteiger partial charge in [-0.05, 0) is 52.0 Å². The molecule has 106 valence electrons. The van der Waals surface area contributed by atoms with Crippen LogP contribution in [0.1, 0.15) is 46.9 Å². The van der Waals surface area contributed by atoms with Crippen molar-refractivity contribution in [1.82, 2.24) is 20.2 Å². The quantitative estimate of drug-likeness (QED) is 0.900. The van der Waals surface area contributed by atoms with E-state index < -0.39 is 0 Å². The molecule has 5 nitrogen and oxygen atoms in total. The molecule has 0 aromatic carbocycles. The largest absolute Gasteiger partial charge is 0.364 e. The van der Waals surface area contributed by atoms with Crippen LogP contribution in [0.25, 0.3) is 0 Å². The second-order valence-electron chi connectivity index (χ2n) is 5.53. The average Bonchev–Trinajstić information content (AvgIpc) is 2.76. The maximum atomic E-state index is 4.58. The molecule has 0 radical (unpaired) electrons. The highest BCUT2D eigenvalue weighted by molar-refractivity contribution is 5.48. The topological polar surface area (TPSA) is 66.5 Å². The van der Waals surface area contributed by atoms with Crippen molar-refractivity contribution in [2.45, 2.75) is 53.0 Å². The van der Waals surface area contributed by atoms with E-state index in [1.807, 2.05) is 13.8 Å². The van der Waals surface area contributed by atoms with Gasteiger partial charge in [0.15, 0.2) is 0 Å². The van der Waals surface area contributed by atoms with Crippen molar-refractivity contribution in [3.05, 3.63) is 34.0 Å². The van der Waals surface area contributed by atoms with E-state index in [-0.39, 0.29) is 0 Å². The lowest BCUT2D eigenvalue weighted by molar-refractivity contribution is 0.659. The van der Waals surface area contributed by atoms with E-state index in [0.717, 1.165) is 35.9 Å². The number of aromatic nitrogens is 4. The molecule has 0 spiro atoms. The zero-order valence-electron chi connectivity index (χ0n) is 12.4. The van der Waals surface area contributed by atoms with Crippen molar-refractivity contribution in [3.8, 4) is 0 Å². The molecule has 2 N–H and O–H groups in total. The number of H-pyrrole nitrogens is 1. The summed E-state index contributed by atoms with van der Waals surface area (Å²) in [6, 6.07) is 0. The highest BCUT2D eigenvalue weighted by Crippen LogP contribution is 2.25. The molecule has 2 aromatic rings. The second kappa shape index (κ2) is 5.23. The van der Waals surface area contributed by atoms with Crippen molar-refractivity contribution in [2.24, 2.45) is 0 Å². The molecule has 0 saturated heterocycles. The third-order valence-electron chi connectivity index (χ3n) is 4.07. The second-order valence-corrected chi connectivity index (χ2v) is 5.53. The van der Waals surface area contributed by atoms with Gasteiger partial charge >= 0.3 is 0 Å². The number of aromatic amines is 1. The van der Waals surface area contributed by atoms with Gasteiger partial charge in [-0.2, -0.15) is 5.10 Å². The third kappa shape index (κ3) is 2.40. The fourth-order valence-electron chi connectivity index (χ4n) is 2.74. The minimum absolute atomic E-state index is 0.707. The molecule has 0 bridgehead atoms. The Morgan fingerprint density at radius 1 is 1.10 bits per heavy atom. The van der Waals surface area contributed by atoms with Gasteiger partial charge in [-0.15, -0.1) is 0 Å². The number of fused-ring (bicyclic) bond motifs is 1. The first-order valence-corrected chi connectivity index (χ1v) is 7.26. The predicted octanol–water partition coefficient (Wildman–Crippen LogP) is 2.62. The number of hydrogen-bond donors (Lipinski definition) is 2. The van der Waals surface area contributed by atoms with Gasteiger partial charge in [-0.3, -0.25) is 5.10 Å². The molecule has 1 aliphatic carbocycles. The zero-order chi connectivity index (χ0) is 14.1. The molecule has 2 aromatic heterocycles. The highest BCUT2D eigenvalue weighted by Gasteiger charge is 2.17. The van der Waals surface area contributed by atoms with Crippen LogP contribution in [0.3, 0.4) is 0 Å². The van der Waals surface area contributed by atoms with Crippen molar-refractivity contribution < 1.29 is 0 Å². The number of aryl methyl sites for hydroxylation is 3. The molecule has 0 atom stereocenters. The average molecular weight is 271 g/mol. The van der Waals surface area contributed by atoms with Crippen molar-refractivity contribution in [1.29, 1.82) is 0 Å². The molecule has 20 heavy (non-hydrogen) atoms. The summed E-state index contributed by atoms with van der Waals surface area (Å²) in [5.41, 5.74) is 5.93. The summed E-state index contributed by atoms with van der Waals surface area (Å²) in [5, 5.41) is 10.8. The number of nitrogens with zero attached hydrogens (tertiary/aromatic N) is 3. The normalized spacial score (nSPS) is 14.2. The van der Waals surface area contributed by atoms with E-state index in [0.29, 0.717) is 6.54 Å². The van der Waals surface area contributed by atoms with Gasteiger partial charge in [0, 0.05) is 17.0 Å². The van der Waals surface area contributed by atoms with Gasteiger partial charge in [0.25, 0.3) is 0 Å². The molecule has 0 fully saturated rings. The summed E-state index contributed by atoms with van der Waals surface area (Å²) in [7, 11) is 0. The van der Waals surface area contributed by atoms with E-state index in [9.17, 15) is 0 Å². The smallest absolute Gasteiger partial charge is 0.133 e. The van der Waals surface area contributed by atoms with Crippen molar-refractivity contribution in [3.63, 3.8) is 0 Å². The van der Waals surface area contributed by atoms with Gasteiger partial charge in [-0.1, -0.05) is 0 Å². The fourth-order valence-corrected chi connectivity index (χ4v) is 2.74. The molecule has 5 heteroatoms. The first-order valence-electron chi connectivity index (χ1n) is 7.26. The molecule has 0 amide bonds. The van der Waals surface area contributed by atoms with E-state index in [1.165, 1.54) is 29.7 Å². The summed E-state index contributed by atoms with van der Waals surface area (Å²) in [6.45, 7) is 6.81. The zero-order valence-corrected chi connectivity index (χ0v) is 12.4. The van der Waals surface area contributed by atoms with Crippen LogP contribution in [-0.4, -0.2) is 20.2 Å². The van der Waals surface area contributed by atoms with Crippen LogP contribution in [0.15, 0.2) is 0 Å². The number of hydrogen-bond acceptors (Lipinski definition) is 4. The number of anilines is 1. The minimum Gasteiger partial charge on any atom is -0.364 e. The summed E-state index contributed by atoms with van der Waals surface area (Å²) in [4.78, 5) is 9.16. The summed E-state index contributed by atoms with van der Waals surface area (Å²) in [5.74, 6) is 1.84. The fraction of sp³-hybridized carbons (Fsp3) is 0.533. The lowest BCUT2D eigenvalue weighted by Gasteiger charge is -2.19. The maximum absolute atomic E-state index is 4.58. The Bertz CT molecular complexity index is 629. The van der Waals surface area contributed by atoms with Gasteiger partial charge in [-0.25, -0.2) is 9.97 Å². The molecule has 0 aliphatic heterocycles. The standard InChI is InChI=1S/C15H21N5/c1-9-10(2)19-20-14(9)8-16-15-12-6-4-5-7-13(12)17-11(3)18-15/h4-8H2,1-3H3,(H,19,20)(H,16,17,18). The Morgan fingerprint density at radius 3 is 2.65 bits per heavy atom. The van der Waals surface area contributed by atoms with Crippen LogP contribution in [-0.2, 0) is 19.4 Å². The summed E-state index contributed by atoms with van der Waals surface area (Å²) >= 11 is 0. The van der Waals surface area contributed by atoms with Gasteiger partial charge < -0.3 is 5.32 Å². The SMILES string of the molecule is Cc1nc2c(c(NCc3n[nH]c(C)c3C)n1)CCCC2. The van der Waals surface area contributed by atoms with Crippen LogP contribution < -0.4 is 5.32 Å². The van der Waals surface area contributed by atoms with Crippen LogP contribution in [0.4, 0.5) is 5.82 Å². The first kappa shape index (κ1) is 13.1. The van der Waals surface area contributed by atoms with Gasteiger partial charge in [0.2, 0.25) is 0 Å². The monoisotopic (exact) mass is 271 g/mol. The number of rotatable bonds is 3. The van der Waals surface area contributed by atoms with E-state index in [2.05, 4.69) is 32.4 Å². The Balaban J connectivity index is 1.84. The molecule has 3 rings (SSSR count). The summed E-state index contributed by atoms with van der Waals surface area (Å²) in [6.07, 6.45) is 4.62. The van der Waals surface area contributed by atoms with E-state index in [4.69, 9.17) is 0 Å². The Labute approximate surface area is 119 Å². The maximum Gasteiger partial charge on any atom is 0.133 e. The number of nitrogens with one attached hydrogen (secondary N) is 2. The van der Waals surface area contributed by atoms with E-state index >= 15 is 0 Å². The lowest BCUT2D eigenvalue weighted by Crippen LogP contribution is -2.14. The molecular weight excluding hydrogens is 250 g/mol. The molecule has 0 saturated carbocycles. The van der Waals surface area contributed by atoms with Gasteiger partial charge in [0.05, 0.1) is 12.2 Å².